The standard InChI is InChI=1S/C15H18F2N2O2S/c1-10(8-14(16)17)9-19-15-12-5-3-2-4-11(12)6-7-13(15)22(18,20)21/h2-7,10,14,19H,8-9H2,1H3,(H2,18,20,21). The Morgan fingerprint density at radius 2 is 1.86 bits per heavy atom. The number of nitrogens with two attached hydrogens (primary N) is 1. The van der Waals surface area contributed by atoms with Gasteiger partial charge in [-0.1, -0.05) is 37.3 Å². The Balaban J connectivity index is 2.40. The van der Waals surface area contributed by atoms with E-state index < -0.39 is 16.4 Å². The summed E-state index contributed by atoms with van der Waals surface area (Å²) in [4.78, 5) is -0.0320. The summed E-state index contributed by atoms with van der Waals surface area (Å²) < 4.78 is 48.3. The Bertz CT molecular complexity index is 763. The third-order valence-corrected chi connectivity index (χ3v) is 4.36. The van der Waals surface area contributed by atoms with Gasteiger partial charge < -0.3 is 5.32 Å². The van der Waals surface area contributed by atoms with Gasteiger partial charge in [-0.05, 0) is 17.4 Å². The van der Waals surface area contributed by atoms with Gasteiger partial charge in [-0.3, -0.25) is 0 Å². The largest absolute Gasteiger partial charge is 0.383 e. The van der Waals surface area contributed by atoms with E-state index in [2.05, 4.69) is 5.32 Å². The zero-order valence-corrected chi connectivity index (χ0v) is 12.9. The molecule has 0 heterocycles. The SMILES string of the molecule is CC(CNc1c(S(N)(=O)=O)ccc2ccccc12)CC(F)F. The number of hydrogen-bond acceptors (Lipinski definition) is 3. The molecule has 4 nitrogen and oxygen atoms in total. The summed E-state index contributed by atoms with van der Waals surface area (Å²) in [6, 6.07) is 10.3. The second-order valence-corrected chi connectivity index (χ2v) is 6.85. The summed E-state index contributed by atoms with van der Waals surface area (Å²) in [5.41, 5.74) is 0.363. The number of sulfonamides is 1. The van der Waals surface area contributed by atoms with Crippen LogP contribution in [-0.2, 0) is 10.0 Å². The van der Waals surface area contributed by atoms with Crippen molar-refractivity contribution >= 4 is 26.5 Å². The average Bonchev–Trinajstić information content (AvgIpc) is 2.42. The Hall–Kier alpha value is -1.73. The van der Waals surface area contributed by atoms with E-state index in [4.69, 9.17) is 5.14 Å². The summed E-state index contributed by atoms with van der Waals surface area (Å²) in [6.45, 7) is 1.92. The van der Waals surface area contributed by atoms with Gasteiger partial charge in [0, 0.05) is 18.4 Å². The molecule has 120 valence electrons. The molecule has 0 radical (unpaired) electrons. The van der Waals surface area contributed by atoms with Crippen molar-refractivity contribution in [3.05, 3.63) is 36.4 Å². The van der Waals surface area contributed by atoms with Gasteiger partial charge in [0.2, 0.25) is 16.4 Å². The minimum absolute atomic E-state index is 0.0320. The Labute approximate surface area is 128 Å². The van der Waals surface area contributed by atoms with Crippen molar-refractivity contribution in [2.75, 3.05) is 11.9 Å². The number of rotatable bonds is 6. The molecule has 7 heteroatoms. The summed E-state index contributed by atoms with van der Waals surface area (Å²) >= 11 is 0. The molecular formula is C15H18F2N2O2S. The highest BCUT2D eigenvalue weighted by atomic mass is 32.2. The molecule has 0 aliphatic rings. The lowest BCUT2D eigenvalue weighted by Gasteiger charge is -2.17. The quantitative estimate of drug-likeness (QED) is 0.855. The van der Waals surface area contributed by atoms with E-state index in [1.54, 1.807) is 25.1 Å². The molecule has 0 fully saturated rings. The van der Waals surface area contributed by atoms with Crippen LogP contribution in [0.15, 0.2) is 41.3 Å². The van der Waals surface area contributed by atoms with Crippen LogP contribution in [0.3, 0.4) is 0 Å². The van der Waals surface area contributed by atoms with E-state index in [0.29, 0.717) is 11.1 Å². The predicted molar refractivity (Wildman–Crippen MR) is 83.6 cm³/mol. The van der Waals surface area contributed by atoms with Crippen LogP contribution in [0.5, 0.6) is 0 Å². The highest BCUT2D eigenvalue weighted by Crippen LogP contribution is 2.30. The molecule has 0 amide bonds. The first-order valence-electron chi connectivity index (χ1n) is 6.85. The molecule has 3 N–H and O–H groups in total. The van der Waals surface area contributed by atoms with Crippen LogP contribution in [0, 0.1) is 5.92 Å². The number of nitrogens with one attached hydrogen (secondary N) is 1. The van der Waals surface area contributed by atoms with Gasteiger partial charge in [0.05, 0.1) is 5.69 Å². The van der Waals surface area contributed by atoms with Crippen LogP contribution < -0.4 is 10.5 Å². The molecule has 2 rings (SSSR count). The highest BCUT2D eigenvalue weighted by molar-refractivity contribution is 7.89. The van der Waals surface area contributed by atoms with Crippen molar-refractivity contribution in [3.8, 4) is 0 Å². The van der Waals surface area contributed by atoms with Gasteiger partial charge in [0.15, 0.2) is 0 Å². The van der Waals surface area contributed by atoms with Gasteiger partial charge in [0.25, 0.3) is 0 Å². The first-order valence-corrected chi connectivity index (χ1v) is 8.40. The molecule has 0 saturated carbocycles. The van der Waals surface area contributed by atoms with Crippen molar-refractivity contribution < 1.29 is 17.2 Å². The minimum Gasteiger partial charge on any atom is -0.383 e. The number of primary sulfonamides is 1. The van der Waals surface area contributed by atoms with E-state index in [-0.39, 0.29) is 23.8 Å². The molecule has 2 aromatic rings. The summed E-state index contributed by atoms with van der Waals surface area (Å²) in [6.07, 6.45) is -2.63. The lowest BCUT2D eigenvalue weighted by molar-refractivity contribution is 0.120. The molecule has 22 heavy (non-hydrogen) atoms. The van der Waals surface area contributed by atoms with Gasteiger partial charge in [0.1, 0.15) is 4.90 Å². The molecule has 0 aliphatic heterocycles. The third kappa shape index (κ3) is 3.92. The molecule has 1 atom stereocenters. The monoisotopic (exact) mass is 328 g/mol. The van der Waals surface area contributed by atoms with Crippen molar-refractivity contribution in [2.24, 2.45) is 11.1 Å². The fourth-order valence-corrected chi connectivity index (χ4v) is 3.06. The van der Waals surface area contributed by atoms with Crippen molar-refractivity contribution in [1.29, 1.82) is 0 Å². The summed E-state index contributed by atoms with van der Waals surface area (Å²) in [5, 5.41) is 9.76. The van der Waals surface area contributed by atoms with E-state index in [1.807, 2.05) is 12.1 Å². The van der Waals surface area contributed by atoms with Crippen LogP contribution in [0.4, 0.5) is 14.5 Å². The molecule has 0 saturated heterocycles. The zero-order valence-electron chi connectivity index (χ0n) is 12.1. The highest BCUT2D eigenvalue weighted by Gasteiger charge is 2.18. The maximum atomic E-state index is 12.4. The number of alkyl halides is 2. The first-order chi connectivity index (χ1) is 10.3. The normalized spacial score (nSPS) is 13.5. The van der Waals surface area contributed by atoms with Crippen LogP contribution in [0.2, 0.25) is 0 Å². The third-order valence-electron chi connectivity index (χ3n) is 3.41. The fourth-order valence-electron chi connectivity index (χ4n) is 2.33. The van der Waals surface area contributed by atoms with E-state index in [0.717, 1.165) is 5.39 Å². The van der Waals surface area contributed by atoms with E-state index in [1.165, 1.54) is 6.07 Å². The smallest absolute Gasteiger partial charge is 0.240 e. The van der Waals surface area contributed by atoms with Crippen LogP contribution in [0.1, 0.15) is 13.3 Å². The maximum absolute atomic E-state index is 12.4. The molecule has 0 aromatic heterocycles. The number of hydrogen-bond donors (Lipinski definition) is 2. The lowest BCUT2D eigenvalue weighted by Crippen LogP contribution is -2.19. The van der Waals surface area contributed by atoms with Gasteiger partial charge in [-0.15, -0.1) is 0 Å². The minimum atomic E-state index is -3.91. The summed E-state index contributed by atoms with van der Waals surface area (Å²) in [5.74, 6) is -0.299. The van der Waals surface area contributed by atoms with Crippen molar-refractivity contribution in [1.82, 2.24) is 0 Å². The molecule has 1 unspecified atom stereocenters. The predicted octanol–water partition coefficient (Wildman–Crippen LogP) is 3.19. The fraction of sp³-hybridized carbons (Fsp3) is 0.333. The van der Waals surface area contributed by atoms with Gasteiger partial charge in [-0.2, -0.15) is 0 Å². The lowest BCUT2D eigenvalue weighted by atomic mass is 10.1. The second kappa shape index (κ2) is 6.58. The number of halogens is 2. The maximum Gasteiger partial charge on any atom is 0.240 e. The zero-order chi connectivity index (χ0) is 16.3. The average molecular weight is 328 g/mol. The Kier molecular flexibility index (Phi) is 4.97. The second-order valence-electron chi connectivity index (χ2n) is 5.32. The molecule has 0 aliphatic carbocycles. The molecule has 0 bridgehead atoms. The number of benzene rings is 2. The number of anilines is 1. The van der Waals surface area contributed by atoms with E-state index in [9.17, 15) is 17.2 Å². The Morgan fingerprint density at radius 1 is 1.18 bits per heavy atom. The van der Waals surface area contributed by atoms with Crippen LogP contribution in [0.25, 0.3) is 10.8 Å². The van der Waals surface area contributed by atoms with Crippen LogP contribution in [-0.4, -0.2) is 21.4 Å². The molecule has 2 aromatic carbocycles. The van der Waals surface area contributed by atoms with E-state index >= 15 is 0 Å². The van der Waals surface area contributed by atoms with Gasteiger partial charge >= 0.3 is 0 Å². The molecular weight excluding hydrogens is 310 g/mol. The Morgan fingerprint density at radius 3 is 2.50 bits per heavy atom. The van der Waals surface area contributed by atoms with Crippen molar-refractivity contribution in [3.63, 3.8) is 0 Å². The molecule has 0 spiro atoms. The topological polar surface area (TPSA) is 72.2 Å². The van der Waals surface area contributed by atoms with Crippen LogP contribution >= 0.6 is 0 Å². The van der Waals surface area contributed by atoms with Crippen molar-refractivity contribution in [2.45, 2.75) is 24.7 Å². The first kappa shape index (κ1) is 16.6. The van der Waals surface area contributed by atoms with Gasteiger partial charge in [-0.25, -0.2) is 22.3 Å². The summed E-state index contributed by atoms with van der Waals surface area (Å²) in [7, 11) is -3.91. The number of fused-ring (bicyclic) bond motifs is 1.